The van der Waals surface area contributed by atoms with Crippen molar-refractivity contribution in [2.75, 3.05) is 13.2 Å². The van der Waals surface area contributed by atoms with Crippen LogP contribution in [0.2, 0.25) is 0 Å². The molecule has 5 nitrogen and oxygen atoms in total. The summed E-state index contributed by atoms with van der Waals surface area (Å²) in [5.74, 6) is 0.639. The van der Waals surface area contributed by atoms with Crippen molar-refractivity contribution in [2.24, 2.45) is 7.05 Å². The van der Waals surface area contributed by atoms with Gasteiger partial charge in [0.1, 0.15) is 6.61 Å². The van der Waals surface area contributed by atoms with Crippen LogP contribution in [-0.4, -0.2) is 33.7 Å². The van der Waals surface area contributed by atoms with Crippen LogP contribution in [0, 0.1) is 0 Å². The molecule has 1 fully saturated rings. The molecule has 1 N–H and O–H groups in total. The summed E-state index contributed by atoms with van der Waals surface area (Å²) in [5.41, 5.74) is 1.90. The minimum atomic E-state index is 0.444. The maximum absolute atomic E-state index is 5.82. The highest BCUT2D eigenvalue weighted by Crippen LogP contribution is 2.21. The van der Waals surface area contributed by atoms with E-state index >= 15 is 0 Å². The molecule has 0 bridgehead atoms. The largest absolute Gasteiger partial charge is 0.474 e. The second-order valence-corrected chi connectivity index (χ2v) is 4.80. The van der Waals surface area contributed by atoms with E-state index in [1.54, 1.807) is 12.5 Å². The van der Waals surface area contributed by atoms with Crippen LogP contribution >= 0.6 is 0 Å². The van der Waals surface area contributed by atoms with Gasteiger partial charge in [0, 0.05) is 19.3 Å². The lowest BCUT2D eigenvalue weighted by atomic mass is 10.1. The Hall–Kier alpha value is -1.62. The average molecular weight is 246 g/mol. The maximum atomic E-state index is 5.82. The number of fused-ring (bicyclic) bond motifs is 1. The van der Waals surface area contributed by atoms with Crippen molar-refractivity contribution in [3.05, 3.63) is 18.6 Å². The van der Waals surface area contributed by atoms with E-state index in [9.17, 15) is 0 Å². The molecule has 1 aliphatic rings. The van der Waals surface area contributed by atoms with Crippen LogP contribution in [0.15, 0.2) is 18.6 Å². The second-order valence-electron chi connectivity index (χ2n) is 4.80. The normalized spacial score (nSPS) is 20.2. The highest BCUT2D eigenvalue weighted by molar-refractivity contribution is 5.79. The number of rotatable bonds is 3. The number of nitrogens with zero attached hydrogens (tertiary/aromatic N) is 3. The molecule has 0 radical (unpaired) electrons. The van der Waals surface area contributed by atoms with Crippen molar-refractivity contribution in [1.29, 1.82) is 0 Å². The molecule has 3 rings (SSSR count). The number of hydrogen-bond donors (Lipinski definition) is 1. The van der Waals surface area contributed by atoms with Gasteiger partial charge < -0.3 is 14.6 Å². The lowest BCUT2D eigenvalue weighted by Crippen LogP contribution is -2.38. The summed E-state index contributed by atoms with van der Waals surface area (Å²) < 4.78 is 7.80. The molecule has 0 spiro atoms. The molecule has 1 aliphatic heterocycles. The molecule has 1 saturated heterocycles. The Kier molecular flexibility index (Phi) is 3.15. The van der Waals surface area contributed by atoms with Crippen LogP contribution in [0.5, 0.6) is 5.88 Å². The van der Waals surface area contributed by atoms with Gasteiger partial charge in [-0.3, -0.25) is 0 Å². The number of aromatic nitrogens is 3. The highest BCUT2D eigenvalue weighted by atomic mass is 16.5. The monoisotopic (exact) mass is 246 g/mol. The molecule has 0 aromatic carbocycles. The molecule has 5 heteroatoms. The number of nitrogens with one attached hydrogen (secondary N) is 1. The van der Waals surface area contributed by atoms with E-state index in [2.05, 4.69) is 15.3 Å². The quantitative estimate of drug-likeness (QED) is 0.891. The topological polar surface area (TPSA) is 52.0 Å². The first kappa shape index (κ1) is 11.5. The Morgan fingerprint density at radius 3 is 3.22 bits per heavy atom. The molecule has 0 aliphatic carbocycles. The lowest BCUT2D eigenvalue weighted by Gasteiger charge is -2.23. The number of pyridine rings is 1. The van der Waals surface area contributed by atoms with E-state index in [-0.39, 0.29) is 0 Å². The summed E-state index contributed by atoms with van der Waals surface area (Å²) >= 11 is 0. The molecule has 0 saturated carbocycles. The fourth-order valence-electron chi connectivity index (χ4n) is 2.39. The predicted molar refractivity (Wildman–Crippen MR) is 69.6 cm³/mol. The Morgan fingerprint density at radius 1 is 1.44 bits per heavy atom. The van der Waals surface area contributed by atoms with E-state index in [0.717, 1.165) is 17.6 Å². The molecular formula is C13H18N4O. The molecule has 2 aromatic rings. The zero-order valence-corrected chi connectivity index (χ0v) is 10.6. The molecule has 2 aromatic heterocycles. The summed E-state index contributed by atoms with van der Waals surface area (Å²) in [5, 5.41) is 3.46. The van der Waals surface area contributed by atoms with Gasteiger partial charge in [-0.25, -0.2) is 9.97 Å². The van der Waals surface area contributed by atoms with Gasteiger partial charge in [0.25, 0.3) is 0 Å². The Labute approximate surface area is 106 Å². The first-order chi connectivity index (χ1) is 8.84. The van der Waals surface area contributed by atoms with Gasteiger partial charge in [0.05, 0.1) is 11.8 Å². The van der Waals surface area contributed by atoms with Crippen LogP contribution in [-0.2, 0) is 7.05 Å². The van der Waals surface area contributed by atoms with Gasteiger partial charge in [0.15, 0.2) is 5.52 Å². The van der Waals surface area contributed by atoms with Gasteiger partial charge in [-0.15, -0.1) is 0 Å². The van der Waals surface area contributed by atoms with Crippen molar-refractivity contribution < 1.29 is 4.74 Å². The summed E-state index contributed by atoms with van der Waals surface area (Å²) in [6.07, 6.45) is 7.29. The van der Waals surface area contributed by atoms with E-state index < -0.39 is 0 Å². The lowest BCUT2D eigenvalue weighted by molar-refractivity contribution is 0.234. The number of piperidine rings is 1. The SMILES string of the molecule is Cn1cnc2c(OCC3CCCCN3)nccc21. The second kappa shape index (κ2) is 4.94. The molecule has 18 heavy (non-hydrogen) atoms. The summed E-state index contributed by atoms with van der Waals surface area (Å²) in [6, 6.07) is 2.40. The van der Waals surface area contributed by atoms with Gasteiger partial charge in [0.2, 0.25) is 5.88 Å². The first-order valence-corrected chi connectivity index (χ1v) is 6.47. The molecule has 3 heterocycles. The van der Waals surface area contributed by atoms with Gasteiger partial charge in [-0.1, -0.05) is 6.42 Å². The first-order valence-electron chi connectivity index (χ1n) is 6.47. The van der Waals surface area contributed by atoms with Gasteiger partial charge >= 0.3 is 0 Å². The third-order valence-corrected chi connectivity index (χ3v) is 3.44. The van der Waals surface area contributed by atoms with Crippen molar-refractivity contribution in [3.8, 4) is 5.88 Å². The fourth-order valence-corrected chi connectivity index (χ4v) is 2.39. The van der Waals surface area contributed by atoms with Crippen molar-refractivity contribution in [3.63, 3.8) is 0 Å². The minimum absolute atomic E-state index is 0.444. The molecule has 1 unspecified atom stereocenters. The molecular weight excluding hydrogens is 228 g/mol. The Morgan fingerprint density at radius 2 is 2.39 bits per heavy atom. The number of aryl methyl sites for hydroxylation is 1. The van der Waals surface area contributed by atoms with Crippen LogP contribution < -0.4 is 10.1 Å². The standard InChI is InChI=1S/C13H18N4O/c1-17-9-16-12-11(17)5-7-15-13(12)18-8-10-4-2-3-6-14-10/h5,7,9-10,14H,2-4,6,8H2,1H3. The minimum Gasteiger partial charge on any atom is -0.474 e. The third-order valence-electron chi connectivity index (χ3n) is 3.44. The molecule has 1 atom stereocenters. The van der Waals surface area contributed by atoms with Crippen molar-refractivity contribution in [1.82, 2.24) is 19.9 Å². The summed E-state index contributed by atoms with van der Waals surface area (Å²) in [7, 11) is 1.97. The van der Waals surface area contributed by atoms with Gasteiger partial charge in [-0.05, 0) is 25.5 Å². The van der Waals surface area contributed by atoms with E-state index in [1.807, 2.05) is 17.7 Å². The smallest absolute Gasteiger partial charge is 0.242 e. The summed E-state index contributed by atoms with van der Waals surface area (Å²) in [6.45, 7) is 1.76. The zero-order chi connectivity index (χ0) is 12.4. The van der Waals surface area contributed by atoms with Gasteiger partial charge in [-0.2, -0.15) is 0 Å². The van der Waals surface area contributed by atoms with Crippen LogP contribution in [0.4, 0.5) is 0 Å². The number of ether oxygens (including phenoxy) is 1. The van der Waals surface area contributed by atoms with Crippen LogP contribution in [0.1, 0.15) is 19.3 Å². The van der Waals surface area contributed by atoms with E-state index in [1.165, 1.54) is 19.3 Å². The number of hydrogen-bond acceptors (Lipinski definition) is 4. The maximum Gasteiger partial charge on any atom is 0.242 e. The van der Waals surface area contributed by atoms with Crippen molar-refractivity contribution >= 4 is 11.0 Å². The Bertz CT molecular complexity index is 531. The van der Waals surface area contributed by atoms with Crippen LogP contribution in [0.3, 0.4) is 0 Å². The predicted octanol–water partition coefficient (Wildman–Crippen LogP) is 1.49. The van der Waals surface area contributed by atoms with E-state index in [0.29, 0.717) is 18.5 Å². The number of imidazole rings is 1. The van der Waals surface area contributed by atoms with E-state index in [4.69, 9.17) is 4.74 Å². The molecule has 96 valence electrons. The third kappa shape index (κ3) is 2.18. The summed E-state index contributed by atoms with van der Waals surface area (Å²) in [4.78, 5) is 8.62. The zero-order valence-electron chi connectivity index (χ0n) is 10.6. The fraction of sp³-hybridized carbons (Fsp3) is 0.538. The Balaban J connectivity index is 1.74. The highest BCUT2D eigenvalue weighted by Gasteiger charge is 2.15. The van der Waals surface area contributed by atoms with Crippen LogP contribution in [0.25, 0.3) is 11.0 Å². The average Bonchev–Trinajstić information content (AvgIpc) is 2.80. The molecule has 0 amide bonds. The van der Waals surface area contributed by atoms with Crippen molar-refractivity contribution in [2.45, 2.75) is 25.3 Å².